The predicted molar refractivity (Wildman–Crippen MR) is 128 cm³/mol. The van der Waals surface area contributed by atoms with Crippen LogP contribution in [-0.2, 0) is 0 Å². The molecular weight excluding hydrogens is 404 g/mol. The molecular formula is C26H31N2O2S+. The second-order valence-corrected chi connectivity index (χ2v) is 9.50. The molecule has 4 rings (SSSR count). The summed E-state index contributed by atoms with van der Waals surface area (Å²) in [5.74, 6) is 0.819. The van der Waals surface area contributed by atoms with Crippen molar-refractivity contribution in [1.82, 2.24) is 0 Å². The van der Waals surface area contributed by atoms with E-state index in [1.54, 1.807) is 23.3 Å². The number of hydrogen-bond donors (Lipinski definition) is 2. The Morgan fingerprint density at radius 2 is 1.77 bits per heavy atom. The predicted octanol–water partition coefficient (Wildman–Crippen LogP) is 4.78. The first-order valence-corrected chi connectivity index (χ1v) is 11.8. The van der Waals surface area contributed by atoms with E-state index in [0.29, 0.717) is 5.56 Å². The Balaban J connectivity index is 1.78. The average Bonchev–Trinajstić information content (AvgIpc) is 3.08. The molecule has 162 valence electrons. The number of carbonyl (C=O) groups excluding carboxylic acids is 1. The van der Waals surface area contributed by atoms with Gasteiger partial charge in [0, 0.05) is 16.0 Å². The van der Waals surface area contributed by atoms with Crippen molar-refractivity contribution in [2.24, 2.45) is 0 Å². The zero-order chi connectivity index (χ0) is 21.8. The number of anilines is 1. The van der Waals surface area contributed by atoms with Crippen LogP contribution in [0, 0.1) is 13.8 Å². The van der Waals surface area contributed by atoms with E-state index < -0.39 is 0 Å². The zero-order valence-electron chi connectivity index (χ0n) is 18.5. The largest absolute Gasteiger partial charge is 0.497 e. The van der Waals surface area contributed by atoms with E-state index in [0.717, 1.165) is 23.8 Å². The molecule has 2 heterocycles. The minimum absolute atomic E-state index is 0.0545. The topological polar surface area (TPSA) is 42.8 Å². The molecule has 1 atom stereocenters. The highest BCUT2D eigenvalue weighted by Gasteiger charge is 2.33. The van der Waals surface area contributed by atoms with Crippen LogP contribution in [0.1, 0.15) is 57.2 Å². The number of aryl methyl sites for hydroxylation is 1. The summed E-state index contributed by atoms with van der Waals surface area (Å²) in [6, 6.07) is 18.0. The summed E-state index contributed by atoms with van der Waals surface area (Å²) in [5.41, 5.74) is 4.45. The lowest BCUT2D eigenvalue weighted by Gasteiger charge is -2.33. The lowest BCUT2D eigenvalue weighted by atomic mass is 9.93. The van der Waals surface area contributed by atoms with Crippen molar-refractivity contribution in [3.05, 3.63) is 81.7 Å². The molecule has 3 aromatic rings. The van der Waals surface area contributed by atoms with Gasteiger partial charge >= 0.3 is 0 Å². The molecule has 0 aliphatic carbocycles. The van der Waals surface area contributed by atoms with Crippen molar-refractivity contribution in [1.29, 1.82) is 0 Å². The van der Waals surface area contributed by atoms with Gasteiger partial charge in [-0.3, -0.25) is 4.79 Å². The molecule has 1 fully saturated rings. The van der Waals surface area contributed by atoms with Crippen LogP contribution in [0.4, 0.5) is 5.00 Å². The number of thiophene rings is 1. The van der Waals surface area contributed by atoms with E-state index in [-0.39, 0.29) is 11.9 Å². The summed E-state index contributed by atoms with van der Waals surface area (Å²) in [7, 11) is 1.72. The summed E-state index contributed by atoms with van der Waals surface area (Å²) in [6.07, 6.45) is 3.78. The van der Waals surface area contributed by atoms with Crippen LogP contribution >= 0.6 is 11.3 Å². The van der Waals surface area contributed by atoms with Gasteiger partial charge in [0.25, 0.3) is 5.91 Å². The maximum absolute atomic E-state index is 13.0. The molecule has 5 heteroatoms. The van der Waals surface area contributed by atoms with Gasteiger partial charge < -0.3 is 15.0 Å². The van der Waals surface area contributed by atoms with Crippen molar-refractivity contribution in [3.8, 4) is 5.75 Å². The molecule has 31 heavy (non-hydrogen) atoms. The zero-order valence-corrected chi connectivity index (χ0v) is 19.4. The standard InChI is InChI=1S/C26H30N2O2S/c1-18-19(2)31-26(27-25(29)20-11-6-4-7-12-20)23(18)24(28-15-8-5-9-16-28)21-13-10-14-22(17-21)30-3/h4,6-7,10-14,17,24H,5,8-9,15-16H2,1-3H3,(H,27,29)/p+1/t24-/m0/s1. The normalized spacial score (nSPS) is 15.5. The van der Waals surface area contributed by atoms with E-state index in [1.807, 2.05) is 36.4 Å². The monoisotopic (exact) mass is 435 g/mol. The summed E-state index contributed by atoms with van der Waals surface area (Å²) < 4.78 is 5.54. The van der Waals surface area contributed by atoms with Gasteiger partial charge in [0.15, 0.2) is 0 Å². The van der Waals surface area contributed by atoms with Gasteiger partial charge in [0.05, 0.1) is 25.8 Å². The first-order chi connectivity index (χ1) is 15.1. The number of methoxy groups -OCH3 is 1. The fourth-order valence-corrected chi connectivity index (χ4v) is 5.67. The Hall–Kier alpha value is -2.63. The molecule has 1 aliphatic heterocycles. The molecule has 2 N–H and O–H groups in total. The van der Waals surface area contributed by atoms with Gasteiger partial charge in [0.2, 0.25) is 0 Å². The second-order valence-electron chi connectivity index (χ2n) is 8.27. The van der Waals surface area contributed by atoms with E-state index in [4.69, 9.17) is 4.74 Å². The van der Waals surface area contributed by atoms with Gasteiger partial charge in [-0.05, 0) is 62.9 Å². The highest BCUT2D eigenvalue weighted by atomic mass is 32.1. The molecule has 1 saturated heterocycles. The number of piperidine rings is 1. The van der Waals surface area contributed by atoms with Gasteiger partial charge in [-0.15, -0.1) is 11.3 Å². The Morgan fingerprint density at radius 1 is 1.03 bits per heavy atom. The van der Waals surface area contributed by atoms with Crippen LogP contribution in [-0.4, -0.2) is 26.1 Å². The number of benzene rings is 2. The molecule has 1 aromatic heterocycles. The summed E-state index contributed by atoms with van der Waals surface area (Å²) in [5, 5.41) is 4.21. The van der Waals surface area contributed by atoms with Crippen LogP contribution in [0.3, 0.4) is 0 Å². The highest BCUT2D eigenvalue weighted by molar-refractivity contribution is 7.16. The van der Waals surface area contributed by atoms with E-state index >= 15 is 0 Å². The van der Waals surface area contributed by atoms with Crippen molar-refractivity contribution >= 4 is 22.2 Å². The molecule has 0 saturated carbocycles. The molecule has 2 aromatic carbocycles. The molecule has 0 radical (unpaired) electrons. The highest BCUT2D eigenvalue weighted by Crippen LogP contribution is 2.39. The minimum Gasteiger partial charge on any atom is -0.497 e. The first kappa shape index (κ1) is 21.6. The second kappa shape index (κ2) is 9.67. The SMILES string of the molecule is COc1cccc([C@@H](c2c(NC(=O)c3ccccc3)sc(C)c2C)[NH+]2CCCCC2)c1. The lowest BCUT2D eigenvalue weighted by Crippen LogP contribution is -3.13. The van der Waals surface area contributed by atoms with Crippen LogP contribution < -0.4 is 15.0 Å². The van der Waals surface area contributed by atoms with Crippen LogP contribution in [0.5, 0.6) is 5.75 Å². The van der Waals surface area contributed by atoms with Crippen molar-refractivity contribution in [2.45, 2.75) is 39.2 Å². The molecule has 0 spiro atoms. The summed E-state index contributed by atoms with van der Waals surface area (Å²) >= 11 is 1.68. The number of hydrogen-bond acceptors (Lipinski definition) is 3. The third-order valence-electron chi connectivity index (χ3n) is 6.31. The van der Waals surface area contributed by atoms with Gasteiger partial charge in [-0.25, -0.2) is 0 Å². The third-order valence-corrected chi connectivity index (χ3v) is 7.45. The molecule has 1 aliphatic rings. The molecule has 4 nitrogen and oxygen atoms in total. The van der Waals surface area contributed by atoms with Crippen molar-refractivity contribution in [3.63, 3.8) is 0 Å². The van der Waals surface area contributed by atoms with Crippen LogP contribution in [0.25, 0.3) is 0 Å². The fourth-order valence-electron chi connectivity index (χ4n) is 4.57. The summed E-state index contributed by atoms with van der Waals surface area (Å²) in [4.78, 5) is 15.8. The van der Waals surface area contributed by atoms with Gasteiger partial charge in [-0.1, -0.05) is 30.3 Å². The van der Waals surface area contributed by atoms with Crippen LogP contribution in [0.15, 0.2) is 54.6 Å². The number of amides is 1. The maximum atomic E-state index is 13.0. The van der Waals surface area contributed by atoms with E-state index in [2.05, 4.69) is 37.4 Å². The smallest absolute Gasteiger partial charge is 0.256 e. The fraction of sp³-hybridized carbons (Fsp3) is 0.346. The van der Waals surface area contributed by atoms with Crippen LogP contribution in [0.2, 0.25) is 0 Å². The van der Waals surface area contributed by atoms with Crippen molar-refractivity contribution in [2.75, 3.05) is 25.5 Å². The lowest BCUT2D eigenvalue weighted by molar-refractivity contribution is -0.930. The Bertz CT molecular complexity index is 1040. The van der Waals surface area contributed by atoms with E-state index in [9.17, 15) is 4.79 Å². The van der Waals surface area contributed by atoms with Crippen molar-refractivity contribution < 1.29 is 14.4 Å². The Kier molecular flexibility index (Phi) is 6.73. The van der Waals surface area contributed by atoms with Gasteiger partial charge in [0.1, 0.15) is 16.8 Å². The summed E-state index contributed by atoms with van der Waals surface area (Å²) in [6.45, 7) is 6.62. The first-order valence-electron chi connectivity index (χ1n) is 11.0. The maximum Gasteiger partial charge on any atom is 0.256 e. The number of likely N-dealkylation sites (tertiary alicyclic amines) is 1. The molecule has 0 bridgehead atoms. The third kappa shape index (κ3) is 4.68. The molecule has 0 unspecified atom stereocenters. The number of quaternary nitrogens is 1. The Morgan fingerprint density at radius 3 is 2.48 bits per heavy atom. The number of rotatable bonds is 6. The average molecular weight is 436 g/mol. The number of nitrogens with one attached hydrogen (secondary N) is 2. The number of ether oxygens (including phenoxy) is 1. The minimum atomic E-state index is -0.0545. The quantitative estimate of drug-likeness (QED) is 0.585. The van der Waals surface area contributed by atoms with E-state index in [1.165, 1.54) is 40.8 Å². The Labute approximate surface area is 188 Å². The van der Waals surface area contributed by atoms with Gasteiger partial charge in [-0.2, -0.15) is 0 Å². The number of carbonyl (C=O) groups is 1. The molecule has 1 amide bonds.